The largest absolute Gasteiger partial charge is 0.355 e. The zero-order valence-electron chi connectivity index (χ0n) is 14.7. The van der Waals surface area contributed by atoms with Crippen molar-refractivity contribution in [2.24, 2.45) is 5.41 Å². The van der Waals surface area contributed by atoms with Gasteiger partial charge in [0.25, 0.3) is 0 Å². The van der Waals surface area contributed by atoms with Crippen LogP contribution in [-0.4, -0.2) is 11.4 Å². The van der Waals surface area contributed by atoms with Gasteiger partial charge < -0.3 is 4.90 Å². The Morgan fingerprint density at radius 2 is 1.14 bits per heavy atom. The molecule has 0 radical (unpaired) electrons. The Morgan fingerprint density at radius 1 is 0.667 bits per heavy atom. The lowest BCUT2D eigenvalue weighted by molar-refractivity contribution is 0.348. The fourth-order valence-corrected chi connectivity index (χ4v) is 3.15. The standard InChI is InChI=1S/C20H37N/c1-4-7-10-13-20(14-11-8-5-2)15-18-21(19-16-20)17-12-9-6-3/h15-16,18-19H,4-14,17H2,1-3H3. The Bertz CT molecular complexity index is 277. The van der Waals surface area contributed by atoms with Gasteiger partial charge >= 0.3 is 0 Å². The van der Waals surface area contributed by atoms with E-state index in [1.54, 1.807) is 0 Å². The van der Waals surface area contributed by atoms with Gasteiger partial charge in [0.05, 0.1) is 0 Å². The van der Waals surface area contributed by atoms with Crippen LogP contribution in [0.25, 0.3) is 0 Å². The molecule has 0 bridgehead atoms. The van der Waals surface area contributed by atoms with Gasteiger partial charge in [-0.15, -0.1) is 0 Å². The average molecular weight is 292 g/mol. The normalized spacial score (nSPS) is 16.6. The van der Waals surface area contributed by atoms with Crippen LogP contribution in [0.4, 0.5) is 0 Å². The molecule has 0 spiro atoms. The Hall–Kier alpha value is -0.720. The van der Waals surface area contributed by atoms with Crippen LogP contribution in [-0.2, 0) is 0 Å². The molecule has 1 heterocycles. The molecule has 0 saturated heterocycles. The monoisotopic (exact) mass is 291 g/mol. The molecule has 0 unspecified atom stereocenters. The van der Waals surface area contributed by atoms with Crippen molar-refractivity contribution in [1.29, 1.82) is 0 Å². The van der Waals surface area contributed by atoms with Gasteiger partial charge in [0.15, 0.2) is 0 Å². The van der Waals surface area contributed by atoms with Crippen LogP contribution in [0.2, 0.25) is 0 Å². The molecule has 1 rings (SSSR count). The number of unbranched alkanes of at least 4 members (excludes halogenated alkanes) is 6. The van der Waals surface area contributed by atoms with Gasteiger partial charge in [-0.05, 0) is 19.3 Å². The second-order valence-corrected chi connectivity index (χ2v) is 6.72. The smallest absolute Gasteiger partial charge is 0.0219 e. The second kappa shape index (κ2) is 10.9. The van der Waals surface area contributed by atoms with Crippen LogP contribution in [0.5, 0.6) is 0 Å². The molecule has 0 atom stereocenters. The SMILES string of the molecule is CCCCCN1C=CC(CCCCC)(CCCCC)C=C1. The van der Waals surface area contributed by atoms with Crippen molar-refractivity contribution in [2.45, 2.75) is 91.4 Å². The van der Waals surface area contributed by atoms with Crippen LogP contribution >= 0.6 is 0 Å². The Labute approximate surface area is 133 Å². The summed E-state index contributed by atoms with van der Waals surface area (Å²) in [6.45, 7) is 8.05. The van der Waals surface area contributed by atoms with E-state index in [-0.39, 0.29) is 0 Å². The molecular formula is C20H37N. The van der Waals surface area contributed by atoms with Crippen molar-refractivity contribution in [3.63, 3.8) is 0 Å². The van der Waals surface area contributed by atoms with Crippen LogP contribution in [0.3, 0.4) is 0 Å². The lowest BCUT2D eigenvalue weighted by Gasteiger charge is -2.33. The van der Waals surface area contributed by atoms with Gasteiger partial charge in [0.2, 0.25) is 0 Å². The number of rotatable bonds is 12. The van der Waals surface area contributed by atoms with E-state index >= 15 is 0 Å². The fourth-order valence-electron chi connectivity index (χ4n) is 3.15. The van der Waals surface area contributed by atoms with Gasteiger partial charge in [0, 0.05) is 24.4 Å². The van der Waals surface area contributed by atoms with Crippen LogP contribution in [0.1, 0.15) is 91.4 Å². The van der Waals surface area contributed by atoms with Crippen molar-refractivity contribution >= 4 is 0 Å². The molecule has 0 aromatic rings. The zero-order valence-corrected chi connectivity index (χ0v) is 14.7. The molecule has 0 fully saturated rings. The lowest BCUT2D eigenvalue weighted by Crippen LogP contribution is -2.23. The molecule has 0 aromatic carbocycles. The third-order valence-electron chi connectivity index (χ3n) is 4.71. The quantitative estimate of drug-likeness (QED) is 0.363. The minimum atomic E-state index is 0.353. The maximum atomic E-state index is 2.50. The van der Waals surface area contributed by atoms with Gasteiger partial charge in [-0.2, -0.15) is 0 Å². The summed E-state index contributed by atoms with van der Waals surface area (Å²) in [6.07, 6.45) is 24.5. The topological polar surface area (TPSA) is 3.24 Å². The molecule has 0 saturated carbocycles. The van der Waals surface area contributed by atoms with Gasteiger partial charge in [-0.1, -0.05) is 84.3 Å². The highest BCUT2D eigenvalue weighted by Crippen LogP contribution is 2.37. The Kier molecular flexibility index (Phi) is 9.54. The van der Waals surface area contributed by atoms with Crippen molar-refractivity contribution in [3.05, 3.63) is 24.6 Å². The van der Waals surface area contributed by atoms with Crippen LogP contribution in [0.15, 0.2) is 24.6 Å². The first-order chi connectivity index (χ1) is 10.3. The molecule has 0 amide bonds. The van der Waals surface area contributed by atoms with E-state index in [1.807, 2.05) is 0 Å². The third-order valence-corrected chi connectivity index (χ3v) is 4.71. The maximum Gasteiger partial charge on any atom is 0.0219 e. The lowest BCUT2D eigenvalue weighted by atomic mass is 9.77. The first-order valence-corrected chi connectivity index (χ1v) is 9.41. The predicted molar refractivity (Wildman–Crippen MR) is 95.2 cm³/mol. The van der Waals surface area contributed by atoms with E-state index in [0.717, 1.165) is 0 Å². The first kappa shape index (κ1) is 18.3. The first-order valence-electron chi connectivity index (χ1n) is 9.41. The van der Waals surface area contributed by atoms with Crippen molar-refractivity contribution < 1.29 is 0 Å². The molecule has 0 N–H and O–H groups in total. The van der Waals surface area contributed by atoms with Gasteiger partial charge in [0.1, 0.15) is 0 Å². The summed E-state index contributed by atoms with van der Waals surface area (Å²) in [7, 11) is 0. The number of hydrogen-bond donors (Lipinski definition) is 0. The summed E-state index contributed by atoms with van der Waals surface area (Å²) < 4.78 is 0. The highest BCUT2D eigenvalue weighted by molar-refractivity contribution is 5.16. The molecule has 21 heavy (non-hydrogen) atoms. The maximum absolute atomic E-state index is 2.50. The fraction of sp³-hybridized carbons (Fsp3) is 0.800. The van der Waals surface area contributed by atoms with E-state index in [1.165, 1.54) is 77.2 Å². The zero-order chi connectivity index (χ0) is 15.4. The number of nitrogens with zero attached hydrogens (tertiary/aromatic N) is 1. The van der Waals surface area contributed by atoms with Gasteiger partial charge in [-0.3, -0.25) is 0 Å². The van der Waals surface area contributed by atoms with Crippen molar-refractivity contribution in [3.8, 4) is 0 Å². The van der Waals surface area contributed by atoms with Crippen molar-refractivity contribution in [2.75, 3.05) is 6.54 Å². The molecule has 0 aromatic heterocycles. The van der Waals surface area contributed by atoms with Gasteiger partial charge in [-0.25, -0.2) is 0 Å². The van der Waals surface area contributed by atoms with E-state index in [2.05, 4.69) is 50.2 Å². The molecule has 1 nitrogen and oxygen atoms in total. The summed E-state index contributed by atoms with van der Waals surface area (Å²) in [5.74, 6) is 0. The van der Waals surface area contributed by atoms with Crippen LogP contribution in [0, 0.1) is 5.41 Å². The summed E-state index contributed by atoms with van der Waals surface area (Å²) in [6, 6.07) is 0. The highest BCUT2D eigenvalue weighted by atomic mass is 15.1. The summed E-state index contributed by atoms with van der Waals surface area (Å²) in [5.41, 5.74) is 0.353. The highest BCUT2D eigenvalue weighted by Gasteiger charge is 2.25. The van der Waals surface area contributed by atoms with E-state index < -0.39 is 0 Å². The number of hydrogen-bond acceptors (Lipinski definition) is 1. The molecule has 1 heteroatoms. The molecule has 1 aliphatic rings. The van der Waals surface area contributed by atoms with E-state index in [0.29, 0.717) is 5.41 Å². The minimum Gasteiger partial charge on any atom is -0.355 e. The molecule has 122 valence electrons. The summed E-state index contributed by atoms with van der Waals surface area (Å²) in [5, 5.41) is 0. The summed E-state index contributed by atoms with van der Waals surface area (Å²) in [4.78, 5) is 2.38. The average Bonchev–Trinajstić information content (AvgIpc) is 2.50. The number of allylic oxidation sites excluding steroid dienone is 2. The molecule has 0 aliphatic carbocycles. The third kappa shape index (κ3) is 7.20. The van der Waals surface area contributed by atoms with Crippen molar-refractivity contribution in [1.82, 2.24) is 4.90 Å². The Balaban J connectivity index is 2.50. The molecular weight excluding hydrogens is 254 g/mol. The summed E-state index contributed by atoms with van der Waals surface area (Å²) >= 11 is 0. The predicted octanol–water partition coefficient (Wildman–Crippen LogP) is 6.67. The van der Waals surface area contributed by atoms with Crippen LogP contribution < -0.4 is 0 Å². The minimum absolute atomic E-state index is 0.353. The Morgan fingerprint density at radius 3 is 1.62 bits per heavy atom. The van der Waals surface area contributed by atoms with E-state index in [9.17, 15) is 0 Å². The van der Waals surface area contributed by atoms with E-state index in [4.69, 9.17) is 0 Å². The second-order valence-electron chi connectivity index (χ2n) is 6.72. The molecule has 1 aliphatic heterocycles.